The molecule has 0 fully saturated rings. The summed E-state index contributed by atoms with van der Waals surface area (Å²) in [7, 11) is -2.60. The van der Waals surface area contributed by atoms with Gasteiger partial charge < -0.3 is 18.7 Å². The van der Waals surface area contributed by atoms with Gasteiger partial charge in [0.2, 0.25) is 0 Å². The number of thiophene rings is 1. The van der Waals surface area contributed by atoms with Crippen LogP contribution >= 0.6 is 11.3 Å². The number of ether oxygens (including phenoxy) is 1. The summed E-state index contributed by atoms with van der Waals surface area (Å²) in [5.74, 6) is 0.855. The Balaban J connectivity index is 2.49. The van der Waals surface area contributed by atoms with Gasteiger partial charge in [-0.1, -0.05) is 60.6 Å². The van der Waals surface area contributed by atoms with Crippen LogP contribution in [0.4, 0.5) is 0 Å². The van der Waals surface area contributed by atoms with Crippen molar-refractivity contribution < 1.29 is 18.7 Å². The number of aliphatic hydroxyl groups excluding tert-OH is 1. The second-order valence-corrected chi connectivity index (χ2v) is 18.4. The van der Waals surface area contributed by atoms with E-state index in [4.69, 9.17) is 13.6 Å². The zero-order valence-corrected chi connectivity index (χ0v) is 28.1. The predicted octanol–water partition coefficient (Wildman–Crippen LogP) is 8.29. The van der Waals surface area contributed by atoms with Crippen molar-refractivity contribution in [2.75, 3.05) is 6.61 Å². The molecule has 0 saturated carbocycles. The Bertz CT molecular complexity index is 1020. The molecule has 2 rings (SSSR count). The molecular formula is C30H50O4SSi2. The van der Waals surface area contributed by atoms with E-state index in [0.29, 0.717) is 6.61 Å². The third kappa shape index (κ3) is 9.48. The molecule has 4 nitrogen and oxygen atoms in total. The maximum absolute atomic E-state index is 9.32. The van der Waals surface area contributed by atoms with Crippen molar-refractivity contribution >= 4 is 35.0 Å². The Labute approximate surface area is 233 Å². The van der Waals surface area contributed by atoms with E-state index in [-0.39, 0.29) is 29.6 Å². The van der Waals surface area contributed by atoms with E-state index in [0.717, 1.165) is 17.0 Å². The Morgan fingerprint density at radius 3 is 1.95 bits per heavy atom. The minimum absolute atomic E-state index is 0.00359. The van der Waals surface area contributed by atoms with Gasteiger partial charge in [0, 0.05) is 9.75 Å². The van der Waals surface area contributed by atoms with Gasteiger partial charge in [0.15, 0.2) is 18.1 Å². The summed E-state index contributed by atoms with van der Waals surface area (Å²) in [6.45, 7) is 25.2. The highest BCUT2D eigenvalue weighted by molar-refractivity contribution is 7.13. The molecule has 1 N–H and O–H groups in total. The molecule has 1 aromatic carbocycles. The van der Waals surface area contributed by atoms with Gasteiger partial charge in [0.25, 0.3) is 0 Å². The van der Waals surface area contributed by atoms with Crippen molar-refractivity contribution in [3.63, 3.8) is 0 Å². The van der Waals surface area contributed by atoms with E-state index < -0.39 is 18.1 Å². The van der Waals surface area contributed by atoms with Crippen LogP contribution in [-0.2, 0) is 15.5 Å². The van der Waals surface area contributed by atoms with Crippen LogP contribution in [0.15, 0.2) is 36.4 Å². The molecule has 2 aromatic rings. The molecule has 0 aliphatic carbocycles. The summed E-state index contributed by atoms with van der Waals surface area (Å²) < 4.78 is 19.7. The van der Waals surface area contributed by atoms with Crippen molar-refractivity contribution in [3.8, 4) is 5.75 Å². The van der Waals surface area contributed by atoms with E-state index in [2.05, 4.69) is 105 Å². The molecule has 0 saturated heterocycles. The standard InChI is InChI=1S/C30H50O4SSi2/c1-12-21(17-18-31)26-16-14-23(35-26)20-32-22-13-15-24(27(29(2,3)4)33-36(8)9)25(19-22)28(30(5,6)7)34-37(10)11/h13-17,19,27-28,31,36-37H,12,18,20H2,1-11H3. The van der Waals surface area contributed by atoms with Crippen molar-refractivity contribution in [2.45, 2.75) is 99.9 Å². The molecule has 1 aromatic heterocycles. The zero-order valence-electron chi connectivity index (χ0n) is 25.0. The van der Waals surface area contributed by atoms with Crippen LogP contribution in [0.25, 0.3) is 5.57 Å². The Hall–Kier alpha value is -1.23. The Morgan fingerprint density at radius 2 is 1.46 bits per heavy atom. The predicted molar refractivity (Wildman–Crippen MR) is 165 cm³/mol. The second kappa shape index (κ2) is 13.7. The van der Waals surface area contributed by atoms with Gasteiger partial charge in [-0.3, -0.25) is 0 Å². The lowest BCUT2D eigenvalue weighted by molar-refractivity contribution is 0.0653. The van der Waals surface area contributed by atoms with Gasteiger partial charge in [-0.25, -0.2) is 0 Å². The molecule has 0 spiro atoms. The molecule has 208 valence electrons. The first kappa shape index (κ1) is 32.0. The van der Waals surface area contributed by atoms with Crippen LogP contribution in [0.1, 0.15) is 88.0 Å². The number of allylic oxidation sites excluding steroid dienone is 1. The van der Waals surface area contributed by atoms with Crippen LogP contribution in [0, 0.1) is 10.8 Å². The molecule has 37 heavy (non-hydrogen) atoms. The average Bonchev–Trinajstić information content (AvgIpc) is 3.25. The number of aliphatic hydroxyl groups is 1. The third-order valence-electron chi connectivity index (χ3n) is 6.09. The number of hydrogen-bond donors (Lipinski definition) is 1. The fraction of sp³-hybridized carbons (Fsp3) is 0.600. The van der Waals surface area contributed by atoms with Gasteiger partial charge in [-0.15, -0.1) is 11.3 Å². The van der Waals surface area contributed by atoms with E-state index in [1.807, 2.05) is 6.08 Å². The first-order valence-electron chi connectivity index (χ1n) is 13.6. The monoisotopic (exact) mass is 562 g/mol. The van der Waals surface area contributed by atoms with E-state index in [9.17, 15) is 5.11 Å². The molecule has 7 heteroatoms. The van der Waals surface area contributed by atoms with Crippen LogP contribution in [0.3, 0.4) is 0 Å². The van der Waals surface area contributed by atoms with Crippen LogP contribution in [0.5, 0.6) is 5.75 Å². The highest BCUT2D eigenvalue weighted by Crippen LogP contribution is 2.46. The molecular weight excluding hydrogens is 513 g/mol. The van der Waals surface area contributed by atoms with Gasteiger partial charge >= 0.3 is 0 Å². The smallest absolute Gasteiger partial charge is 0.171 e. The molecule has 1 heterocycles. The van der Waals surface area contributed by atoms with Crippen molar-refractivity contribution in [1.29, 1.82) is 0 Å². The minimum Gasteiger partial charge on any atom is -0.488 e. The third-order valence-corrected chi connectivity index (χ3v) is 8.86. The summed E-state index contributed by atoms with van der Waals surface area (Å²) >= 11 is 1.73. The van der Waals surface area contributed by atoms with Gasteiger partial charge in [0.05, 0.1) is 18.8 Å². The van der Waals surface area contributed by atoms with Gasteiger partial charge in [-0.2, -0.15) is 0 Å². The van der Waals surface area contributed by atoms with Crippen LogP contribution in [-0.4, -0.2) is 29.8 Å². The summed E-state index contributed by atoms with van der Waals surface area (Å²) in [6, 6.07) is 10.7. The number of rotatable bonds is 12. The number of hydrogen-bond acceptors (Lipinski definition) is 5. The van der Waals surface area contributed by atoms with Crippen molar-refractivity contribution in [1.82, 2.24) is 0 Å². The molecule has 0 bridgehead atoms. The first-order chi connectivity index (χ1) is 17.2. The van der Waals surface area contributed by atoms with Gasteiger partial charge in [0.1, 0.15) is 12.4 Å². The van der Waals surface area contributed by atoms with Crippen molar-refractivity contribution in [2.24, 2.45) is 10.8 Å². The Kier molecular flexibility index (Phi) is 11.9. The van der Waals surface area contributed by atoms with Crippen LogP contribution in [0.2, 0.25) is 26.2 Å². The normalized spacial score (nSPS) is 14.9. The SMILES string of the molecule is CCC(=CCO)c1ccc(COc2ccc(C(O[SiH](C)C)C(C)(C)C)c(C(O[SiH](C)C)C(C)(C)C)c2)s1. The highest BCUT2D eigenvalue weighted by Gasteiger charge is 2.36. The van der Waals surface area contributed by atoms with Crippen molar-refractivity contribution in [3.05, 3.63) is 57.3 Å². The minimum atomic E-state index is -1.31. The molecule has 0 aliphatic rings. The highest BCUT2D eigenvalue weighted by atomic mass is 32.1. The fourth-order valence-corrected chi connectivity index (χ4v) is 7.68. The van der Waals surface area contributed by atoms with Gasteiger partial charge in [-0.05, 0) is 84.4 Å². The fourth-order valence-electron chi connectivity index (χ4n) is 4.45. The van der Waals surface area contributed by atoms with E-state index in [1.54, 1.807) is 11.3 Å². The largest absolute Gasteiger partial charge is 0.488 e. The molecule has 2 unspecified atom stereocenters. The van der Waals surface area contributed by atoms with Crippen LogP contribution < -0.4 is 4.74 Å². The zero-order chi connectivity index (χ0) is 28.0. The molecule has 0 radical (unpaired) electrons. The molecule has 0 amide bonds. The quantitative estimate of drug-likeness (QED) is 0.264. The second-order valence-electron chi connectivity index (χ2n) is 12.5. The van der Waals surface area contributed by atoms with E-state index >= 15 is 0 Å². The molecule has 2 atom stereocenters. The summed E-state index contributed by atoms with van der Waals surface area (Å²) in [6.07, 6.45) is 2.75. The Morgan fingerprint density at radius 1 is 0.892 bits per heavy atom. The molecule has 0 aliphatic heterocycles. The first-order valence-corrected chi connectivity index (χ1v) is 20.0. The maximum atomic E-state index is 9.32. The lowest BCUT2D eigenvalue weighted by Crippen LogP contribution is -2.31. The lowest BCUT2D eigenvalue weighted by Gasteiger charge is -2.39. The summed E-state index contributed by atoms with van der Waals surface area (Å²) in [5.41, 5.74) is 3.47. The number of benzene rings is 1. The topological polar surface area (TPSA) is 47.9 Å². The summed E-state index contributed by atoms with van der Waals surface area (Å²) in [4.78, 5) is 2.36. The maximum Gasteiger partial charge on any atom is 0.171 e. The summed E-state index contributed by atoms with van der Waals surface area (Å²) in [5, 5.41) is 9.32. The average molecular weight is 563 g/mol. The van der Waals surface area contributed by atoms with E-state index in [1.165, 1.54) is 21.6 Å². The lowest BCUT2D eigenvalue weighted by atomic mass is 9.77.